The quantitative estimate of drug-likeness (QED) is 0.768. The zero-order chi connectivity index (χ0) is 11.0. The first-order valence-corrected chi connectivity index (χ1v) is 6.51. The summed E-state index contributed by atoms with van der Waals surface area (Å²) in [6.45, 7) is 7.73. The van der Waals surface area contributed by atoms with Crippen LogP contribution in [0, 0.1) is 0 Å². The van der Waals surface area contributed by atoms with E-state index in [1.807, 2.05) is 20.8 Å². The van der Waals surface area contributed by atoms with Crippen molar-refractivity contribution in [1.29, 1.82) is 0 Å². The normalized spacial score (nSPS) is 16.7. The lowest BCUT2D eigenvalue weighted by atomic mass is 9.93. The van der Waals surface area contributed by atoms with Gasteiger partial charge in [-0.2, -0.15) is 0 Å². The van der Waals surface area contributed by atoms with E-state index >= 15 is 0 Å². The van der Waals surface area contributed by atoms with E-state index in [1.165, 1.54) is 7.11 Å². The Morgan fingerprint density at radius 1 is 1.50 bits per heavy atom. The summed E-state index contributed by atoms with van der Waals surface area (Å²) in [5, 5.41) is 3.91. The van der Waals surface area contributed by atoms with Crippen molar-refractivity contribution in [2.24, 2.45) is 0 Å². The molecule has 14 heavy (non-hydrogen) atoms. The first kappa shape index (κ1) is 11.6. The number of hydrogen-bond acceptors (Lipinski definition) is 4. The average molecular weight is 218 g/mol. The van der Waals surface area contributed by atoms with Gasteiger partial charge in [0, 0.05) is 5.41 Å². The molecule has 1 aromatic rings. The Bertz CT molecular complexity index is 314. The van der Waals surface area contributed by atoms with Crippen LogP contribution < -0.4 is 5.50 Å². The fourth-order valence-electron chi connectivity index (χ4n) is 0.905. The van der Waals surface area contributed by atoms with Gasteiger partial charge in [0.1, 0.15) is 6.66 Å². The summed E-state index contributed by atoms with van der Waals surface area (Å²) in [5.74, 6) is 0. The Morgan fingerprint density at radius 2 is 2.07 bits per heavy atom. The first-order valence-electron chi connectivity index (χ1n) is 4.40. The Balaban J connectivity index is 3.00. The summed E-state index contributed by atoms with van der Waals surface area (Å²) in [7, 11) is -1.09. The maximum absolute atomic E-state index is 9.83. The number of rotatable bonds is 2. The predicted octanol–water partition coefficient (Wildman–Crippen LogP) is 1.71. The van der Waals surface area contributed by atoms with Crippen LogP contribution in [0.25, 0.3) is 0 Å². The van der Waals surface area contributed by atoms with Gasteiger partial charge < -0.3 is 4.52 Å². The molecule has 1 heterocycles. The predicted molar refractivity (Wildman–Crippen MR) is 56.9 cm³/mol. The zero-order valence-corrected chi connectivity index (χ0v) is 10.1. The van der Waals surface area contributed by atoms with Gasteiger partial charge in [-0.1, -0.05) is 25.9 Å². The van der Waals surface area contributed by atoms with E-state index in [9.17, 15) is 4.89 Å². The lowest BCUT2D eigenvalue weighted by molar-refractivity contribution is 0.357. The summed E-state index contributed by atoms with van der Waals surface area (Å²) in [4.78, 5) is 9.83. The largest absolute Gasteiger partial charge is 0.339 e. The fraction of sp³-hybridized carbons (Fsp3) is 0.667. The maximum atomic E-state index is 9.83. The topological polar surface area (TPSA) is 55.5 Å². The Kier molecular flexibility index (Phi) is 3.00. The number of aromatic nitrogens is 1. The molecule has 1 aromatic heterocycles. The molecule has 0 aromatic carbocycles. The van der Waals surface area contributed by atoms with Crippen LogP contribution >= 0.6 is 7.72 Å². The highest BCUT2D eigenvalue weighted by Gasteiger charge is 2.39. The van der Waals surface area contributed by atoms with Gasteiger partial charge in [0.2, 0.25) is 0 Å². The minimum absolute atomic E-state index is 0.0739. The highest BCUT2D eigenvalue weighted by molar-refractivity contribution is 7.72. The smallest absolute Gasteiger partial charge is 0.314 e. The SMILES string of the molecule is CO[P+](C)(O)c1cc(C(C)(C)C)no1. The van der Waals surface area contributed by atoms with Crippen LogP contribution in [-0.2, 0) is 9.94 Å². The molecule has 0 aliphatic carbocycles. The van der Waals surface area contributed by atoms with Gasteiger partial charge in [0.05, 0.1) is 18.9 Å². The third-order valence-corrected chi connectivity index (χ3v) is 3.77. The van der Waals surface area contributed by atoms with Crippen LogP contribution in [0.4, 0.5) is 0 Å². The molecule has 1 unspecified atom stereocenters. The van der Waals surface area contributed by atoms with E-state index in [2.05, 4.69) is 5.16 Å². The summed E-state index contributed by atoms with van der Waals surface area (Å²) in [6.07, 6.45) is 0. The van der Waals surface area contributed by atoms with Gasteiger partial charge in [0.15, 0.2) is 0 Å². The molecule has 1 rings (SSSR count). The maximum Gasteiger partial charge on any atom is 0.339 e. The summed E-state index contributed by atoms with van der Waals surface area (Å²) in [5.41, 5.74) is 1.19. The molecule has 80 valence electrons. The van der Waals surface area contributed by atoms with E-state index < -0.39 is 7.72 Å². The Morgan fingerprint density at radius 3 is 2.43 bits per heavy atom. The Labute approximate surface area is 84.8 Å². The van der Waals surface area contributed by atoms with E-state index in [0.717, 1.165) is 5.69 Å². The molecule has 0 amide bonds. The van der Waals surface area contributed by atoms with Crippen LogP contribution in [-0.4, -0.2) is 23.8 Å². The van der Waals surface area contributed by atoms with Crippen LogP contribution in [0.3, 0.4) is 0 Å². The van der Waals surface area contributed by atoms with Crippen LogP contribution in [0.2, 0.25) is 0 Å². The second-order valence-corrected chi connectivity index (χ2v) is 6.93. The van der Waals surface area contributed by atoms with Gasteiger partial charge in [-0.15, -0.1) is 0 Å². The molecule has 0 bridgehead atoms. The first-order chi connectivity index (χ1) is 6.27. The van der Waals surface area contributed by atoms with Crippen molar-refractivity contribution in [2.45, 2.75) is 26.2 Å². The van der Waals surface area contributed by atoms with E-state index in [1.54, 1.807) is 12.7 Å². The zero-order valence-electron chi connectivity index (χ0n) is 9.24. The highest BCUT2D eigenvalue weighted by atomic mass is 31.2. The molecule has 5 heteroatoms. The molecule has 0 saturated heterocycles. The minimum Gasteiger partial charge on any atom is -0.314 e. The van der Waals surface area contributed by atoms with Crippen LogP contribution in [0.5, 0.6) is 0 Å². The number of hydrogen-bond donors (Lipinski definition) is 1. The minimum atomic E-state index is -2.55. The van der Waals surface area contributed by atoms with Crippen molar-refractivity contribution in [3.8, 4) is 0 Å². The molecule has 1 N–H and O–H groups in total. The lowest BCUT2D eigenvalue weighted by Gasteiger charge is -2.12. The van der Waals surface area contributed by atoms with Crippen LogP contribution in [0.15, 0.2) is 10.6 Å². The molecule has 0 aliphatic heterocycles. The van der Waals surface area contributed by atoms with Gasteiger partial charge >= 0.3 is 13.2 Å². The summed E-state index contributed by atoms with van der Waals surface area (Å²) < 4.78 is 10.1. The summed E-state index contributed by atoms with van der Waals surface area (Å²) in [6, 6.07) is 1.76. The van der Waals surface area contributed by atoms with Crippen molar-refractivity contribution < 1.29 is 13.9 Å². The average Bonchev–Trinajstić information content (AvgIpc) is 2.51. The summed E-state index contributed by atoms with van der Waals surface area (Å²) >= 11 is 0. The standard InChI is InChI=1S/C9H17NO3P/c1-9(2,3)7-6-8(13-10-7)14(5,11)12-4/h6,11H,1-5H3/q+1. The van der Waals surface area contributed by atoms with Crippen molar-refractivity contribution >= 4 is 13.2 Å². The van der Waals surface area contributed by atoms with Crippen molar-refractivity contribution in [2.75, 3.05) is 13.8 Å². The van der Waals surface area contributed by atoms with Crippen molar-refractivity contribution in [3.63, 3.8) is 0 Å². The van der Waals surface area contributed by atoms with Crippen LogP contribution in [0.1, 0.15) is 26.5 Å². The van der Waals surface area contributed by atoms with E-state index in [4.69, 9.17) is 9.05 Å². The van der Waals surface area contributed by atoms with E-state index in [0.29, 0.717) is 5.50 Å². The van der Waals surface area contributed by atoms with Gasteiger partial charge in [-0.25, -0.2) is 9.42 Å². The fourth-order valence-corrected chi connectivity index (χ4v) is 1.64. The molecular formula is C9H17NO3P+. The second kappa shape index (κ2) is 3.61. The number of nitrogens with zero attached hydrogens (tertiary/aromatic N) is 1. The van der Waals surface area contributed by atoms with Gasteiger partial charge in [0.25, 0.3) is 0 Å². The van der Waals surface area contributed by atoms with Crippen molar-refractivity contribution in [3.05, 3.63) is 11.8 Å². The molecule has 0 radical (unpaired) electrons. The molecule has 4 nitrogen and oxygen atoms in total. The van der Waals surface area contributed by atoms with Gasteiger partial charge in [-0.3, -0.25) is 0 Å². The molecule has 0 fully saturated rings. The van der Waals surface area contributed by atoms with Gasteiger partial charge in [-0.05, 0) is 0 Å². The molecular weight excluding hydrogens is 201 g/mol. The monoisotopic (exact) mass is 218 g/mol. The third kappa shape index (κ3) is 2.32. The molecule has 0 spiro atoms. The molecule has 1 atom stereocenters. The molecule has 0 aliphatic rings. The van der Waals surface area contributed by atoms with Crippen molar-refractivity contribution in [1.82, 2.24) is 5.16 Å². The van der Waals surface area contributed by atoms with E-state index in [-0.39, 0.29) is 5.41 Å². The molecule has 0 saturated carbocycles. The third-order valence-electron chi connectivity index (χ3n) is 2.03. The Hall–Kier alpha value is -0.440. The highest BCUT2D eigenvalue weighted by Crippen LogP contribution is 2.49. The lowest BCUT2D eigenvalue weighted by Crippen LogP contribution is -2.12. The second-order valence-electron chi connectivity index (χ2n) is 4.36.